The second kappa shape index (κ2) is 8.10. The van der Waals surface area contributed by atoms with Gasteiger partial charge in [-0.3, -0.25) is 0 Å². The number of aliphatic hydroxyl groups excluding tert-OH is 1. The largest absolute Gasteiger partial charge is 0.493 e. The summed E-state index contributed by atoms with van der Waals surface area (Å²) in [6.07, 6.45) is 2.88. The summed E-state index contributed by atoms with van der Waals surface area (Å²) in [5.74, 6) is 3.21. The zero-order chi connectivity index (χ0) is 19.5. The van der Waals surface area contributed by atoms with E-state index in [9.17, 15) is 5.11 Å². The molecule has 148 valence electrons. The van der Waals surface area contributed by atoms with Crippen molar-refractivity contribution in [1.29, 1.82) is 0 Å². The molecule has 0 saturated heterocycles. The normalized spacial score (nSPS) is 15.2. The molecule has 1 N–H and O–H groups in total. The minimum Gasteiger partial charge on any atom is -0.493 e. The molecule has 0 radical (unpaired) electrons. The molecule has 1 aromatic heterocycles. The maximum absolute atomic E-state index is 10.7. The van der Waals surface area contributed by atoms with Gasteiger partial charge in [-0.15, -0.1) is 0 Å². The van der Waals surface area contributed by atoms with Crippen molar-refractivity contribution in [2.24, 2.45) is 0 Å². The number of para-hydroxylation sites is 3. The average Bonchev–Trinajstić information content (AvgIpc) is 3.02. The summed E-state index contributed by atoms with van der Waals surface area (Å²) in [5.41, 5.74) is 2.03. The maximum Gasteiger partial charge on any atom is 0.203 e. The first kappa shape index (κ1) is 18.6. The van der Waals surface area contributed by atoms with E-state index in [0.717, 1.165) is 29.7 Å². The fourth-order valence-electron chi connectivity index (χ4n) is 3.67. The number of aliphatic hydroxyl groups is 1. The van der Waals surface area contributed by atoms with Crippen LogP contribution in [0.25, 0.3) is 11.0 Å². The van der Waals surface area contributed by atoms with Crippen molar-refractivity contribution in [3.63, 3.8) is 0 Å². The van der Waals surface area contributed by atoms with Crippen LogP contribution in [0.4, 0.5) is 0 Å². The number of fused-ring (bicyclic) bond motifs is 1. The SMILES string of the molecule is COc1cccc(OC)c1OCC(O)Cn1c(C2CCC2)nc2ccccc21. The fraction of sp³-hybridized carbons (Fsp3) is 0.409. The summed E-state index contributed by atoms with van der Waals surface area (Å²) in [7, 11) is 3.17. The lowest BCUT2D eigenvalue weighted by molar-refractivity contribution is 0.0889. The van der Waals surface area contributed by atoms with Crippen LogP contribution in [0.2, 0.25) is 0 Å². The van der Waals surface area contributed by atoms with E-state index < -0.39 is 6.10 Å². The predicted molar refractivity (Wildman–Crippen MR) is 107 cm³/mol. The van der Waals surface area contributed by atoms with Crippen LogP contribution in [0.5, 0.6) is 17.2 Å². The lowest BCUT2D eigenvalue weighted by Crippen LogP contribution is -2.26. The standard InChI is InChI=1S/C22H26N2O4/c1-26-19-11-6-12-20(27-2)21(19)28-14-16(25)13-24-18-10-4-3-9-17(18)23-22(24)15-7-5-8-15/h3-4,6,9-12,15-16,25H,5,7-8,13-14H2,1-2H3. The number of methoxy groups -OCH3 is 2. The van der Waals surface area contributed by atoms with Crippen molar-refractivity contribution in [3.05, 3.63) is 48.3 Å². The van der Waals surface area contributed by atoms with Crippen LogP contribution >= 0.6 is 0 Å². The molecule has 6 nitrogen and oxygen atoms in total. The fourth-order valence-corrected chi connectivity index (χ4v) is 3.67. The summed E-state index contributed by atoms with van der Waals surface area (Å²) in [5, 5.41) is 10.7. The second-order valence-electron chi connectivity index (χ2n) is 7.15. The summed E-state index contributed by atoms with van der Waals surface area (Å²) >= 11 is 0. The number of ether oxygens (including phenoxy) is 3. The number of hydrogen-bond acceptors (Lipinski definition) is 5. The highest BCUT2D eigenvalue weighted by Gasteiger charge is 2.26. The molecule has 1 aliphatic carbocycles. The molecule has 28 heavy (non-hydrogen) atoms. The quantitative estimate of drug-likeness (QED) is 0.643. The van der Waals surface area contributed by atoms with Crippen molar-refractivity contribution < 1.29 is 19.3 Å². The zero-order valence-electron chi connectivity index (χ0n) is 16.3. The van der Waals surface area contributed by atoms with Gasteiger partial charge in [0, 0.05) is 5.92 Å². The Morgan fingerprint density at radius 3 is 2.43 bits per heavy atom. The first-order valence-electron chi connectivity index (χ1n) is 9.68. The Morgan fingerprint density at radius 1 is 1.07 bits per heavy atom. The molecule has 4 rings (SSSR count). The van der Waals surface area contributed by atoms with E-state index in [1.165, 1.54) is 6.42 Å². The van der Waals surface area contributed by atoms with E-state index in [-0.39, 0.29) is 6.61 Å². The Morgan fingerprint density at radius 2 is 1.79 bits per heavy atom. The van der Waals surface area contributed by atoms with Gasteiger partial charge in [0.05, 0.1) is 31.8 Å². The van der Waals surface area contributed by atoms with Crippen molar-refractivity contribution in [2.75, 3.05) is 20.8 Å². The first-order valence-corrected chi connectivity index (χ1v) is 9.68. The molecule has 0 bridgehead atoms. The minimum absolute atomic E-state index is 0.132. The van der Waals surface area contributed by atoms with Gasteiger partial charge < -0.3 is 23.9 Å². The van der Waals surface area contributed by atoms with Crippen LogP contribution < -0.4 is 14.2 Å². The van der Waals surface area contributed by atoms with E-state index in [0.29, 0.717) is 29.7 Å². The summed E-state index contributed by atoms with van der Waals surface area (Å²) in [4.78, 5) is 4.83. The van der Waals surface area contributed by atoms with Gasteiger partial charge in [-0.2, -0.15) is 0 Å². The summed E-state index contributed by atoms with van der Waals surface area (Å²) < 4.78 is 18.7. The van der Waals surface area contributed by atoms with E-state index in [1.807, 2.05) is 36.4 Å². The molecule has 1 saturated carbocycles. The molecule has 1 heterocycles. The van der Waals surface area contributed by atoms with Crippen LogP contribution in [-0.2, 0) is 6.54 Å². The third-order valence-electron chi connectivity index (χ3n) is 5.35. The van der Waals surface area contributed by atoms with Crippen molar-refractivity contribution in [3.8, 4) is 17.2 Å². The molecule has 1 aliphatic rings. The lowest BCUT2D eigenvalue weighted by Gasteiger charge is -2.26. The number of benzene rings is 2. The van der Waals surface area contributed by atoms with Crippen LogP contribution in [0.3, 0.4) is 0 Å². The number of aromatic nitrogens is 2. The van der Waals surface area contributed by atoms with E-state index in [1.54, 1.807) is 14.2 Å². The number of nitrogens with zero attached hydrogens (tertiary/aromatic N) is 2. The third-order valence-corrected chi connectivity index (χ3v) is 5.35. The lowest BCUT2D eigenvalue weighted by atomic mass is 9.85. The highest BCUT2D eigenvalue weighted by atomic mass is 16.5. The molecular formula is C22H26N2O4. The van der Waals surface area contributed by atoms with Crippen LogP contribution in [-0.4, -0.2) is 41.6 Å². The molecule has 0 amide bonds. The van der Waals surface area contributed by atoms with Gasteiger partial charge in [0.25, 0.3) is 0 Å². The number of hydrogen-bond donors (Lipinski definition) is 1. The average molecular weight is 382 g/mol. The van der Waals surface area contributed by atoms with Crippen molar-refractivity contribution in [2.45, 2.75) is 37.8 Å². The van der Waals surface area contributed by atoms with Gasteiger partial charge >= 0.3 is 0 Å². The molecule has 1 atom stereocenters. The number of imidazole rings is 1. The Kier molecular flexibility index (Phi) is 5.39. The van der Waals surface area contributed by atoms with Gasteiger partial charge in [0.15, 0.2) is 11.5 Å². The monoisotopic (exact) mass is 382 g/mol. The minimum atomic E-state index is -0.689. The van der Waals surface area contributed by atoms with Gasteiger partial charge in [0.2, 0.25) is 5.75 Å². The van der Waals surface area contributed by atoms with Crippen molar-refractivity contribution >= 4 is 11.0 Å². The highest BCUT2D eigenvalue weighted by Crippen LogP contribution is 2.38. The predicted octanol–water partition coefficient (Wildman–Crippen LogP) is 3.76. The smallest absolute Gasteiger partial charge is 0.203 e. The number of rotatable bonds is 8. The Bertz CT molecular complexity index is 927. The van der Waals surface area contributed by atoms with Gasteiger partial charge in [-0.1, -0.05) is 24.6 Å². The van der Waals surface area contributed by atoms with Crippen LogP contribution in [0, 0.1) is 0 Å². The van der Waals surface area contributed by atoms with Gasteiger partial charge in [-0.05, 0) is 37.1 Å². The van der Waals surface area contributed by atoms with Crippen molar-refractivity contribution in [1.82, 2.24) is 9.55 Å². The molecule has 3 aromatic rings. The van der Waals surface area contributed by atoms with E-state index in [4.69, 9.17) is 19.2 Å². The van der Waals surface area contributed by atoms with E-state index >= 15 is 0 Å². The van der Waals surface area contributed by atoms with Gasteiger partial charge in [-0.25, -0.2) is 4.98 Å². The maximum atomic E-state index is 10.7. The molecule has 2 aromatic carbocycles. The van der Waals surface area contributed by atoms with E-state index in [2.05, 4.69) is 10.6 Å². The second-order valence-corrected chi connectivity index (χ2v) is 7.15. The van der Waals surface area contributed by atoms with Crippen LogP contribution in [0.15, 0.2) is 42.5 Å². The third kappa shape index (κ3) is 3.52. The Balaban J connectivity index is 1.53. The first-order chi connectivity index (χ1) is 13.7. The Hall–Kier alpha value is -2.73. The highest BCUT2D eigenvalue weighted by molar-refractivity contribution is 5.76. The summed E-state index contributed by atoms with van der Waals surface area (Å²) in [6, 6.07) is 13.5. The van der Waals surface area contributed by atoms with Crippen LogP contribution in [0.1, 0.15) is 31.0 Å². The topological polar surface area (TPSA) is 65.7 Å². The van der Waals surface area contributed by atoms with Gasteiger partial charge in [0.1, 0.15) is 18.5 Å². The molecular weight excluding hydrogens is 356 g/mol. The molecule has 6 heteroatoms. The summed E-state index contributed by atoms with van der Waals surface area (Å²) in [6.45, 7) is 0.567. The molecule has 0 aliphatic heterocycles. The molecule has 0 spiro atoms. The Labute approximate surface area is 164 Å². The zero-order valence-corrected chi connectivity index (χ0v) is 16.3. The molecule has 1 unspecified atom stereocenters. The molecule has 1 fully saturated rings.